The van der Waals surface area contributed by atoms with Gasteiger partial charge in [-0.25, -0.2) is 9.59 Å². The molecule has 238 valence electrons. The molecule has 2 aromatic carbocycles. The lowest BCUT2D eigenvalue weighted by Gasteiger charge is -2.41. The molecule has 2 aromatic rings. The summed E-state index contributed by atoms with van der Waals surface area (Å²) in [5, 5.41) is 70.8. The lowest BCUT2D eigenvalue weighted by molar-refractivity contribution is -0.294. The standard InChI is InChI=1S/C28H24O17/c29-13-3-1-9(5-14(13)30)2-4-17(33)43-28-22(37)21(36)24-15(42-28)8-41-25(38)12-6-10-18(11(7-16(31)32)26(39)45-24)27(40)44-23(10)20(35)19(12)34/h1-6,11,15,18,21-22,24,28-30,34-37H,7-8H2,(H,31,32). The molecule has 0 spiro atoms. The van der Waals surface area contributed by atoms with E-state index in [1.54, 1.807) is 0 Å². The Labute approximate surface area is 251 Å². The summed E-state index contributed by atoms with van der Waals surface area (Å²) in [5.41, 5.74) is -0.748. The number of ether oxygens (including phenoxy) is 5. The largest absolute Gasteiger partial charge is 0.504 e. The van der Waals surface area contributed by atoms with Crippen LogP contribution in [0.2, 0.25) is 0 Å². The molecule has 0 saturated carbocycles. The number of rotatable bonds is 5. The van der Waals surface area contributed by atoms with E-state index in [0.717, 1.165) is 24.3 Å². The van der Waals surface area contributed by atoms with Crippen molar-refractivity contribution in [3.05, 3.63) is 47.0 Å². The first kappa shape index (κ1) is 31.0. The molecule has 7 atom stereocenters. The van der Waals surface area contributed by atoms with E-state index in [4.69, 9.17) is 23.7 Å². The monoisotopic (exact) mass is 632 g/mol. The highest BCUT2D eigenvalue weighted by Gasteiger charge is 2.52. The molecule has 17 heteroatoms. The van der Waals surface area contributed by atoms with Gasteiger partial charge in [0.15, 0.2) is 29.1 Å². The fourth-order valence-electron chi connectivity index (χ4n) is 5.05. The molecule has 1 saturated heterocycles. The summed E-state index contributed by atoms with van der Waals surface area (Å²) in [4.78, 5) is 63.2. The Balaban J connectivity index is 1.44. The number of fused-ring (bicyclic) bond motifs is 2. The predicted octanol–water partition coefficient (Wildman–Crippen LogP) is -0.612. The number of phenols is 4. The first-order valence-corrected chi connectivity index (χ1v) is 13.1. The Morgan fingerprint density at radius 2 is 1.69 bits per heavy atom. The van der Waals surface area contributed by atoms with Crippen LogP contribution in [0.1, 0.15) is 33.8 Å². The first-order valence-electron chi connectivity index (χ1n) is 13.1. The molecule has 0 aromatic heterocycles. The van der Waals surface area contributed by atoms with Gasteiger partial charge in [-0.2, -0.15) is 0 Å². The van der Waals surface area contributed by atoms with Gasteiger partial charge in [0.2, 0.25) is 12.0 Å². The van der Waals surface area contributed by atoms with Gasteiger partial charge in [0.05, 0.1) is 18.3 Å². The number of hydrogen-bond donors (Lipinski definition) is 7. The van der Waals surface area contributed by atoms with E-state index in [2.05, 4.69) is 0 Å². The molecular formula is C28H24O17. The Kier molecular flexibility index (Phi) is 8.24. The fraction of sp³-hybridized carbons (Fsp3) is 0.321. The number of aliphatic carboxylic acids is 1. The normalized spacial score (nSPS) is 27.8. The van der Waals surface area contributed by atoms with Crippen LogP contribution in [0.3, 0.4) is 0 Å². The van der Waals surface area contributed by atoms with E-state index < -0.39 is 120 Å². The molecule has 0 aliphatic carbocycles. The number of aromatic hydroxyl groups is 4. The number of aliphatic hydroxyl groups is 2. The Morgan fingerprint density at radius 3 is 2.38 bits per heavy atom. The second-order valence-corrected chi connectivity index (χ2v) is 10.2. The van der Waals surface area contributed by atoms with Crippen molar-refractivity contribution < 1.29 is 83.4 Å². The van der Waals surface area contributed by atoms with Gasteiger partial charge in [-0.3, -0.25) is 14.4 Å². The zero-order valence-corrected chi connectivity index (χ0v) is 22.6. The van der Waals surface area contributed by atoms with Crippen molar-refractivity contribution in [2.45, 2.75) is 43.0 Å². The number of cyclic esters (lactones) is 1. The van der Waals surface area contributed by atoms with Gasteiger partial charge in [-0.1, -0.05) is 6.07 Å². The third-order valence-electron chi connectivity index (χ3n) is 7.28. The van der Waals surface area contributed by atoms with Crippen molar-refractivity contribution in [1.82, 2.24) is 0 Å². The number of carboxylic acid groups (broad SMARTS) is 1. The van der Waals surface area contributed by atoms with Gasteiger partial charge in [-0.15, -0.1) is 0 Å². The molecule has 3 aliphatic heterocycles. The van der Waals surface area contributed by atoms with Crippen molar-refractivity contribution in [3.8, 4) is 28.7 Å². The molecule has 1 fully saturated rings. The Hall–Kier alpha value is -5.39. The van der Waals surface area contributed by atoms with Crippen LogP contribution in [0.4, 0.5) is 0 Å². The minimum absolute atomic E-state index is 0.262. The highest BCUT2D eigenvalue weighted by Crippen LogP contribution is 2.51. The van der Waals surface area contributed by atoms with E-state index in [1.165, 1.54) is 12.1 Å². The highest BCUT2D eigenvalue weighted by molar-refractivity contribution is 5.99. The third-order valence-corrected chi connectivity index (χ3v) is 7.28. The Morgan fingerprint density at radius 1 is 0.956 bits per heavy atom. The van der Waals surface area contributed by atoms with Crippen molar-refractivity contribution in [2.24, 2.45) is 5.92 Å². The maximum Gasteiger partial charge on any atom is 0.342 e. The second-order valence-electron chi connectivity index (χ2n) is 10.2. The number of aliphatic hydroxyl groups excluding tert-OH is 2. The summed E-state index contributed by atoms with van der Waals surface area (Å²) < 4.78 is 26.0. The lowest BCUT2D eigenvalue weighted by atomic mass is 9.83. The summed E-state index contributed by atoms with van der Waals surface area (Å²) in [6, 6.07) is 4.52. The average Bonchev–Trinajstić information content (AvgIpc) is 3.31. The molecule has 45 heavy (non-hydrogen) atoms. The number of hydrogen-bond acceptors (Lipinski definition) is 16. The molecule has 3 aliphatic rings. The van der Waals surface area contributed by atoms with Gasteiger partial charge in [0, 0.05) is 11.6 Å². The number of carbonyl (C=O) groups excluding carboxylic acids is 4. The van der Waals surface area contributed by atoms with Crippen LogP contribution in [0.5, 0.6) is 28.7 Å². The number of phenolic OH excluding ortho intramolecular Hbond substituents is 4. The van der Waals surface area contributed by atoms with Gasteiger partial charge >= 0.3 is 29.8 Å². The maximum atomic E-state index is 13.4. The van der Waals surface area contributed by atoms with Crippen molar-refractivity contribution in [1.29, 1.82) is 0 Å². The van der Waals surface area contributed by atoms with E-state index in [-0.39, 0.29) is 11.1 Å². The summed E-state index contributed by atoms with van der Waals surface area (Å²) >= 11 is 0. The number of esters is 4. The van der Waals surface area contributed by atoms with Crippen LogP contribution in [0.25, 0.3) is 6.08 Å². The molecule has 7 N–H and O–H groups in total. The number of carboxylic acids is 1. The van der Waals surface area contributed by atoms with Crippen LogP contribution in [-0.4, -0.2) is 103 Å². The summed E-state index contributed by atoms with van der Waals surface area (Å²) in [5.74, 6) is -13.8. The van der Waals surface area contributed by atoms with E-state index in [1.807, 2.05) is 0 Å². The van der Waals surface area contributed by atoms with Gasteiger partial charge in [-0.05, 0) is 29.8 Å². The zero-order chi connectivity index (χ0) is 32.7. The zero-order valence-electron chi connectivity index (χ0n) is 22.6. The highest BCUT2D eigenvalue weighted by atomic mass is 16.7. The summed E-state index contributed by atoms with van der Waals surface area (Å²) in [7, 11) is 0. The quantitative estimate of drug-likeness (QED) is 0.0711. The SMILES string of the molecule is O=C(O)CC1C(=O)OC2C(COC(=O)c3cc4c(c(O)c3O)OC(=O)C41)OC(OC(=O)C=Cc1ccc(O)c(O)c1)C(O)C2O. The van der Waals surface area contributed by atoms with E-state index in [9.17, 15) is 59.7 Å². The molecule has 17 nitrogen and oxygen atoms in total. The van der Waals surface area contributed by atoms with Gasteiger partial charge in [0.25, 0.3) is 0 Å². The smallest absolute Gasteiger partial charge is 0.342 e. The average molecular weight is 632 g/mol. The Bertz CT molecular complexity index is 1610. The van der Waals surface area contributed by atoms with Crippen LogP contribution in [0.15, 0.2) is 30.3 Å². The molecule has 7 unspecified atom stereocenters. The fourth-order valence-corrected chi connectivity index (χ4v) is 5.05. The molecule has 3 heterocycles. The molecular weight excluding hydrogens is 608 g/mol. The minimum Gasteiger partial charge on any atom is -0.504 e. The van der Waals surface area contributed by atoms with Crippen LogP contribution in [-0.2, 0) is 38.1 Å². The predicted molar refractivity (Wildman–Crippen MR) is 140 cm³/mol. The topological polar surface area (TPSA) is 273 Å². The van der Waals surface area contributed by atoms with Crippen LogP contribution in [0, 0.1) is 5.92 Å². The molecule has 2 bridgehead atoms. The summed E-state index contributed by atoms with van der Waals surface area (Å²) in [6.45, 7) is -0.864. The van der Waals surface area contributed by atoms with E-state index in [0.29, 0.717) is 0 Å². The molecule has 5 rings (SSSR count). The summed E-state index contributed by atoms with van der Waals surface area (Å²) in [6.07, 6.45) is -8.66. The molecule has 0 amide bonds. The number of benzene rings is 2. The first-order chi connectivity index (χ1) is 21.3. The minimum atomic E-state index is -2.09. The molecule has 0 radical (unpaired) electrons. The third kappa shape index (κ3) is 5.91. The van der Waals surface area contributed by atoms with Crippen molar-refractivity contribution in [3.63, 3.8) is 0 Å². The number of carbonyl (C=O) groups is 5. The van der Waals surface area contributed by atoms with Crippen LogP contribution < -0.4 is 4.74 Å². The maximum absolute atomic E-state index is 13.4. The lowest BCUT2D eigenvalue weighted by Crippen LogP contribution is -2.61. The van der Waals surface area contributed by atoms with Crippen LogP contribution >= 0.6 is 0 Å². The van der Waals surface area contributed by atoms with Crippen molar-refractivity contribution in [2.75, 3.05) is 6.61 Å². The van der Waals surface area contributed by atoms with Gasteiger partial charge < -0.3 is 59.4 Å². The van der Waals surface area contributed by atoms with Gasteiger partial charge in [0.1, 0.15) is 30.5 Å². The van der Waals surface area contributed by atoms with Crippen molar-refractivity contribution >= 4 is 35.9 Å². The van der Waals surface area contributed by atoms with E-state index >= 15 is 0 Å². The second kappa shape index (κ2) is 11.9.